The molecule has 0 aliphatic heterocycles. The van der Waals surface area contributed by atoms with Crippen molar-refractivity contribution in [2.45, 2.75) is 53.2 Å². The highest BCUT2D eigenvalue weighted by Gasteiger charge is 2.20. The lowest BCUT2D eigenvalue weighted by Gasteiger charge is -2.24. The Kier molecular flexibility index (Phi) is 7.06. The molecule has 3 aromatic heterocycles. The summed E-state index contributed by atoms with van der Waals surface area (Å²) >= 11 is 0. The van der Waals surface area contributed by atoms with Crippen LogP contribution in [0.2, 0.25) is 0 Å². The van der Waals surface area contributed by atoms with E-state index < -0.39 is 17.6 Å². The molecule has 0 unspecified atom stereocenters. The van der Waals surface area contributed by atoms with Gasteiger partial charge in [-0.2, -0.15) is 5.10 Å². The summed E-state index contributed by atoms with van der Waals surface area (Å²) in [6.45, 7) is 10.9. The Hall–Kier alpha value is -4.15. The predicted octanol–water partition coefficient (Wildman–Crippen LogP) is 4.04. The number of rotatable bonds is 8. The number of aromatic nitrogens is 5. The number of hydrogen-bond acceptors (Lipinski definition) is 7. The number of benzene rings is 1. The van der Waals surface area contributed by atoms with Crippen LogP contribution in [0.1, 0.15) is 50.2 Å². The van der Waals surface area contributed by atoms with Crippen molar-refractivity contribution in [3.8, 4) is 17.3 Å². The van der Waals surface area contributed by atoms with Crippen molar-refractivity contribution in [2.24, 2.45) is 5.73 Å². The standard InChI is InChI=1S/C26H33N7O4/c1-7-33-19(11-15(2)31-33)24-28-14-18-17-12-16(22(27)34)13-20(21(17)29-23(18)30-24)36-10-8-9-32(6)25(35)37-26(3,4)5/h11-14H,7-10H2,1-6H3,(H2,27,34)(H,28,29,30). The quantitative estimate of drug-likeness (QED) is 0.343. The number of primary amides is 1. The minimum absolute atomic E-state index is 0.311. The zero-order valence-corrected chi connectivity index (χ0v) is 22.1. The molecule has 3 heterocycles. The van der Waals surface area contributed by atoms with Gasteiger partial charge in [-0.25, -0.2) is 14.8 Å². The van der Waals surface area contributed by atoms with Crippen LogP contribution in [0.3, 0.4) is 0 Å². The monoisotopic (exact) mass is 507 g/mol. The van der Waals surface area contributed by atoms with Gasteiger partial charge in [0.05, 0.1) is 17.8 Å². The lowest BCUT2D eigenvalue weighted by Crippen LogP contribution is -2.35. The summed E-state index contributed by atoms with van der Waals surface area (Å²) in [7, 11) is 1.68. The molecule has 0 fully saturated rings. The van der Waals surface area contributed by atoms with Crippen LogP contribution in [-0.4, -0.2) is 67.4 Å². The Bertz CT molecular complexity index is 1470. The fourth-order valence-electron chi connectivity index (χ4n) is 4.01. The van der Waals surface area contributed by atoms with Crippen LogP contribution in [-0.2, 0) is 11.3 Å². The Morgan fingerprint density at radius 3 is 2.62 bits per heavy atom. The van der Waals surface area contributed by atoms with Gasteiger partial charge in [0.2, 0.25) is 5.91 Å². The average molecular weight is 508 g/mol. The van der Waals surface area contributed by atoms with E-state index in [1.165, 1.54) is 4.90 Å². The molecule has 11 nitrogen and oxygen atoms in total. The fraction of sp³-hybridized carbons (Fsp3) is 0.423. The van der Waals surface area contributed by atoms with Crippen LogP contribution in [0.15, 0.2) is 24.4 Å². The second-order valence-electron chi connectivity index (χ2n) is 9.93. The molecular formula is C26H33N7O4. The molecule has 2 amide bonds. The van der Waals surface area contributed by atoms with Gasteiger partial charge in [-0.3, -0.25) is 9.48 Å². The average Bonchev–Trinajstić information content (AvgIpc) is 3.39. The zero-order valence-electron chi connectivity index (χ0n) is 22.1. The van der Waals surface area contributed by atoms with E-state index in [9.17, 15) is 9.59 Å². The Labute approximate surface area is 215 Å². The Morgan fingerprint density at radius 2 is 1.95 bits per heavy atom. The summed E-state index contributed by atoms with van der Waals surface area (Å²) in [4.78, 5) is 38.3. The number of nitrogens with zero attached hydrogens (tertiary/aromatic N) is 5. The number of ether oxygens (including phenoxy) is 2. The van der Waals surface area contributed by atoms with Crippen LogP contribution in [0, 0.1) is 6.92 Å². The molecule has 11 heteroatoms. The van der Waals surface area contributed by atoms with Crippen molar-refractivity contribution < 1.29 is 19.1 Å². The third kappa shape index (κ3) is 5.65. The third-order valence-electron chi connectivity index (χ3n) is 5.74. The Balaban J connectivity index is 1.60. The largest absolute Gasteiger partial charge is 0.491 e. The van der Waals surface area contributed by atoms with Crippen molar-refractivity contribution in [3.05, 3.63) is 35.7 Å². The van der Waals surface area contributed by atoms with E-state index in [-0.39, 0.29) is 0 Å². The first-order chi connectivity index (χ1) is 17.5. The van der Waals surface area contributed by atoms with Gasteiger partial charge in [0.15, 0.2) is 5.82 Å². The van der Waals surface area contributed by atoms with Crippen molar-refractivity contribution in [2.75, 3.05) is 20.2 Å². The predicted molar refractivity (Wildman–Crippen MR) is 141 cm³/mol. The van der Waals surface area contributed by atoms with Crippen molar-refractivity contribution in [1.29, 1.82) is 0 Å². The van der Waals surface area contributed by atoms with Gasteiger partial charge in [-0.1, -0.05) is 0 Å². The highest BCUT2D eigenvalue weighted by atomic mass is 16.6. The van der Waals surface area contributed by atoms with Gasteiger partial charge < -0.3 is 25.1 Å². The van der Waals surface area contributed by atoms with E-state index in [4.69, 9.17) is 20.2 Å². The Morgan fingerprint density at radius 1 is 1.19 bits per heavy atom. The van der Waals surface area contributed by atoms with Gasteiger partial charge in [-0.15, -0.1) is 0 Å². The maximum absolute atomic E-state index is 12.2. The molecule has 0 bridgehead atoms. The molecular weight excluding hydrogens is 474 g/mol. The molecule has 0 saturated heterocycles. The maximum atomic E-state index is 12.2. The first-order valence-electron chi connectivity index (χ1n) is 12.2. The molecule has 37 heavy (non-hydrogen) atoms. The minimum atomic E-state index is -0.564. The number of aryl methyl sites for hydroxylation is 2. The topological polar surface area (TPSA) is 141 Å². The van der Waals surface area contributed by atoms with Crippen molar-refractivity contribution in [1.82, 2.24) is 29.6 Å². The molecule has 4 rings (SSSR count). The van der Waals surface area contributed by atoms with E-state index in [0.717, 1.165) is 22.2 Å². The second-order valence-corrected chi connectivity index (χ2v) is 9.93. The number of nitrogens with two attached hydrogens (primary N) is 1. The first-order valence-corrected chi connectivity index (χ1v) is 12.2. The fourth-order valence-corrected chi connectivity index (χ4v) is 4.01. The molecule has 3 N–H and O–H groups in total. The second kappa shape index (κ2) is 10.1. The number of fused-ring (bicyclic) bond motifs is 3. The highest BCUT2D eigenvalue weighted by Crippen LogP contribution is 2.33. The molecule has 4 aromatic rings. The van der Waals surface area contributed by atoms with E-state index in [2.05, 4.69) is 15.1 Å². The first kappa shape index (κ1) is 25.9. The summed E-state index contributed by atoms with van der Waals surface area (Å²) in [5, 5.41) is 5.96. The minimum Gasteiger partial charge on any atom is -0.491 e. The number of H-pyrrole nitrogens is 1. The zero-order chi connectivity index (χ0) is 26.9. The van der Waals surface area contributed by atoms with Gasteiger partial charge in [0.25, 0.3) is 0 Å². The van der Waals surface area contributed by atoms with Crippen LogP contribution in [0.5, 0.6) is 5.75 Å². The molecule has 0 radical (unpaired) electrons. The summed E-state index contributed by atoms with van der Waals surface area (Å²) < 4.78 is 13.3. The van der Waals surface area contributed by atoms with Gasteiger partial charge in [0.1, 0.15) is 22.7 Å². The number of nitrogens with one attached hydrogen (secondary N) is 1. The van der Waals surface area contributed by atoms with E-state index in [1.807, 2.05) is 45.4 Å². The normalized spacial score (nSPS) is 11.7. The van der Waals surface area contributed by atoms with Gasteiger partial charge in [0, 0.05) is 42.7 Å². The third-order valence-corrected chi connectivity index (χ3v) is 5.74. The number of hydrogen-bond donors (Lipinski definition) is 2. The molecule has 1 aromatic carbocycles. The van der Waals surface area contributed by atoms with Gasteiger partial charge >= 0.3 is 6.09 Å². The molecule has 0 atom stereocenters. The van der Waals surface area contributed by atoms with Crippen molar-refractivity contribution >= 4 is 33.9 Å². The molecule has 0 spiro atoms. The summed E-state index contributed by atoms with van der Waals surface area (Å²) in [5.74, 6) is 0.454. The summed E-state index contributed by atoms with van der Waals surface area (Å²) in [6.07, 6.45) is 1.89. The highest BCUT2D eigenvalue weighted by molar-refractivity contribution is 6.11. The maximum Gasteiger partial charge on any atom is 0.410 e. The van der Waals surface area contributed by atoms with Gasteiger partial charge in [-0.05, 0) is 59.2 Å². The number of carbonyl (C=O) groups excluding carboxylic acids is 2. The molecule has 196 valence electrons. The lowest BCUT2D eigenvalue weighted by molar-refractivity contribution is 0.0292. The number of aromatic amines is 1. The molecule has 0 saturated carbocycles. The number of carbonyl (C=O) groups is 2. The van der Waals surface area contributed by atoms with Crippen molar-refractivity contribution in [3.63, 3.8) is 0 Å². The molecule has 0 aliphatic rings. The van der Waals surface area contributed by atoms with E-state index >= 15 is 0 Å². The van der Waals surface area contributed by atoms with Crippen LogP contribution >= 0.6 is 0 Å². The van der Waals surface area contributed by atoms with Crippen LogP contribution < -0.4 is 10.5 Å². The van der Waals surface area contributed by atoms with Crippen LogP contribution in [0.25, 0.3) is 33.5 Å². The summed E-state index contributed by atoms with van der Waals surface area (Å²) in [5.41, 5.74) is 8.36. The van der Waals surface area contributed by atoms with E-state index in [0.29, 0.717) is 54.4 Å². The summed E-state index contributed by atoms with van der Waals surface area (Å²) in [6, 6.07) is 5.27. The van der Waals surface area contributed by atoms with E-state index in [1.54, 1.807) is 25.4 Å². The smallest absolute Gasteiger partial charge is 0.410 e. The van der Waals surface area contributed by atoms with Crippen LogP contribution in [0.4, 0.5) is 4.79 Å². The lowest BCUT2D eigenvalue weighted by atomic mass is 10.1. The molecule has 0 aliphatic carbocycles. The SMILES string of the molecule is CCn1nc(C)cc1-c1ncc2c(n1)[nH]c1c(OCCCN(C)C(=O)OC(C)(C)C)cc(C(N)=O)cc12. The number of amides is 2.